The first-order chi connectivity index (χ1) is 10.9. The molecule has 0 fully saturated rings. The highest BCUT2D eigenvalue weighted by Gasteiger charge is 2.20. The van der Waals surface area contributed by atoms with Gasteiger partial charge in [-0.25, -0.2) is 17.6 Å². The minimum Gasteiger partial charge on any atom is -0.496 e. The lowest BCUT2D eigenvalue weighted by Crippen LogP contribution is -2.15. The fourth-order valence-electron chi connectivity index (χ4n) is 1.91. The molecule has 0 saturated heterocycles. The van der Waals surface area contributed by atoms with Crippen molar-refractivity contribution in [3.63, 3.8) is 0 Å². The second-order valence-corrected chi connectivity index (χ2v) is 6.09. The molecule has 0 aliphatic carbocycles. The smallest absolute Gasteiger partial charge is 0.341 e. The number of nitrogens with one attached hydrogen (secondary N) is 1. The second-order valence-electron chi connectivity index (χ2n) is 4.44. The summed E-state index contributed by atoms with van der Waals surface area (Å²) in [5.74, 6) is -1.35. The molecule has 0 aromatic heterocycles. The van der Waals surface area contributed by atoms with Crippen LogP contribution in [-0.2, 0) is 14.8 Å². The Balaban J connectivity index is 2.37. The minimum atomic E-state index is -4.10. The van der Waals surface area contributed by atoms with E-state index in [0.717, 1.165) is 12.1 Å². The summed E-state index contributed by atoms with van der Waals surface area (Å²) in [4.78, 5) is 11.1. The summed E-state index contributed by atoms with van der Waals surface area (Å²) in [6.45, 7) is 0. The molecule has 0 aliphatic rings. The monoisotopic (exact) mass is 339 g/mol. The van der Waals surface area contributed by atoms with E-state index in [0.29, 0.717) is 0 Å². The Bertz CT molecular complexity index is 836. The fourth-order valence-corrected chi connectivity index (χ4v) is 3.04. The van der Waals surface area contributed by atoms with Crippen molar-refractivity contribution in [2.24, 2.45) is 0 Å². The van der Waals surface area contributed by atoms with Gasteiger partial charge >= 0.3 is 5.97 Å². The van der Waals surface area contributed by atoms with Crippen molar-refractivity contribution in [1.29, 1.82) is 0 Å². The van der Waals surface area contributed by atoms with E-state index in [9.17, 15) is 17.6 Å². The van der Waals surface area contributed by atoms with Crippen LogP contribution in [0, 0.1) is 5.82 Å². The first kappa shape index (κ1) is 16.8. The van der Waals surface area contributed by atoms with Crippen LogP contribution in [-0.4, -0.2) is 28.6 Å². The molecule has 2 aromatic carbocycles. The molecule has 2 rings (SSSR count). The zero-order valence-corrected chi connectivity index (χ0v) is 13.2. The number of hydrogen-bond acceptors (Lipinski definition) is 5. The lowest BCUT2D eigenvalue weighted by Gasteiger charge is -2.12. The van der Waals surface area contributed by atoms with Gasteiger partial charge in [-0.05, 0) is 24.3 Å². The van der Waals surface area contributed by atoms with Gasteiger partial charge < -0.3 is 9.47 Å². The van der Waals surface area contributed by atoms with Crippen LogP contribution in [0.5, 0.6) is 5.75 Å². The van der Waals surface area contributed by atoms with Gasteiger partial charge in [-0.2, -0.15) is 0 Å². The predicted octanol–water partition coefficient (Wildman–Crippen LogP) is 2.42. The summed E-state index contributed by atoms with van der Waals surface area (Å²) < 4.78 is 49.9. The number of halogens is 1. The van der Waals surface area contributed by atoms with Crippen LogP contribution < -0.4 is 9.46 Å². The van der Waals surface area contributed by atoms with Gasteiger partial charge in [-0.3, -0.25) is 4.72 Å². The summed E-state index contributed by atoms with van der Waals surface area (Å²) in [5, 5.41) is 0. The molecule has 122 valence electrons. The average Bonchev–Trinajstić information content (AvgIpc) is 2.53. The third-order valence-corrected chi connectivity index (χ3v) is 4.40. The molecule has 0 unspecified atom stereocenters. The van der Waals surface area contributed by atoms with Crippen LogP contribution in [0.2, 0.25) is 0 Å². The maximum Gasteiger partial charge on any atom is 0.341 e. The number of esters is 1. The molecule has 0 aliphatic heterocycles. The number of carbonyl (C=O) groups is 1. The number of ether oxygens (including phenoxy) is 2. The Labute approximate surface area is 132 Å². The number of carbonyl (C=O) groups excluding carboxylic acids is 1. The van der Waals surface area contributed by atoms with Gasteiger partial charge in [0.25, 0.3) is 10.0 Å². The molecular weight excluding hydrogens is 325 g/mol. The molecule has 0 spiro atoms. The fraction of sp³-hybridized carbons (Fsp3) is 0.133. The van der Waals surface area contributed by atoms with Gasteiger partial charge in [0.2, 0.25) is 0 Å². The largest absolute Gasteiger partial charge is 0.496 e. The van der Waals surface area contributed by atoms with E-state index < -0.39 is 26.7 Å². The molecule has 0 atom stereocenters. The third kappa shape index (κ3) is 3.59. The van der Waals surface area contributed by atoms with Crippen LogP contribution in [0.1, 0.15) is 10.4 Å². The van der Waals surface area contributed by atoms with Crippen molar-refractivity contribution < 1.29 is 27.1 Å². The highest BCUT2D eigenvalue weighted by Crippen LogP contribution is 2.26. The molecule has 0 bridgehead atoms. The summed E-state index contributed by atoms with van der Waals surface area (Å²) in [6, 6.07) is 9.02. The lowest BCUT2D eigenvalue weighted by molar-refractivity contribution is 0.0597. The van der Waals surface area contributed by atoms with Crippen LogP contribution >= 0.6 is 0 Å². The van der Waals surface area contributed by atoms with Crippen molar-refractivity contribution in [2.45, 2.75) is 4.90 Å². The van der Waals surface area contributed by atoms with Crippen LogP contribution in [0.3, 0.4) is 0 Å². The Kier molecular flexibility index (Phi) is 4.85. The van der Waals surface area contributed by atoms with Crippen molar-refractivity contribution in [1.82, 2.24) is 0 Å². The van der Waals surface area contributed by atoms with Gasteiger partial charge in [0.05, 0.1) is 19.9 Å². The normalized spacial score (nSPS) is 10.9. The van der Waals surface area contributed by atoms with Gasteiger partial charge in [0, 0.05) is 6.07 Å². The molecule has 0 amide bonds. The number of hydrogen-bond donors (Lipinski definition) is 1. The Morgan fingerprint density at radius 2 is 1.83 bits per heavy atom. The van der Waals surface area contributed by atoms with Crippen LogP contribution in [0.4, 0.5) is 10.1 Å². The van der Waals surface area contributed by atoms with Crippen molar-refractivity contribution in [3.05, 3.63) is 53.8 Å². The van der Waals surface area contributed by atoms with Gasteiger partial charge in [0.1, 0.15) is 22.0 Å². The summed E-state index contributed by atoms with van der Waals surface area (Å²) in [5.41, 5.74) is 0.265. The molecule has 0 heterocycles. The first-order valence-corrected chi connectivity index (χ1v) is 7.91. The zero-order valence-electron chi connectivity index (χ0n) is 12.4. The molecule has 1 N–H and O–H groups in total. The molecule has 2 aromatic rings. The number of benzene rings is 2. The summed E-state index contributed by atoms with van der Waals surface area (Å²) >= 11 is 0. The topological polar surface area (TPSA) is 81.7 Å². The molecule has 8 heteroatoms. The Morgan fingerprint density at radius 1 is 1.13 bits per heavy atom. The molecule has 0 radical (unpaired) electrons. The zero-order chi connectivity index (χ0) is 17.0. The SMILES string of the molecule is COC(=O)c1ccc(NS(=O)(=O)c2ccccc2F)cc1OC. The third-order valence-electron chi connectivity index (χ3n) is 2.99. The lowest BCUT2D eigenvalue weighted by atomic mass is 10.2. The molecule has 0 saturated carbocycles. The second kappa shape index (κ2) is 6.66. The summed E-state index contributed by atoms with van der Waals surface area (Å²) in [7, 11) is -1.56. The van der Waals surface area contributed by atoms with Crippen molar-refractivity contribution in [3.8, 4) is 5.75 Å². The Hall–Kier alpha value is -2.61. The van der Waals surface area contributed by atoms with E-state index >= 15 is 0 Å². The quantitative estimate of drug-likeness (QED) is 0.846. The predicted molar refractivity (Wildman–Crippen MR) is 81.5 cm³/mol. The maximum atomic E-state index is 13.6. The van der Waals surface area contributed by atoms with Gasteiger partial charge in [0.15, 0.2) is 0 Å². The van der Waals surface area contributed by atoms with Gasteiger partial charge in [-0.15, -0.1) is 0 Å². The van der Waals surface area contributed by atoms with E-state index in [4.69, 9.17) is 4.74 Å². The van der Waals surface area contributed by atoms with E-state index in [1.165, 1.54) is 44.6 Å². The number of sulfonamides is 1. The minimum absolute atomic E-state index is 0.123. The van der Waals surface area contributed by atoms with E-state index in [1.54, 1.807) is 0 Å². The number of methoxy groups -OCH3 is 2. The number of anilines is 1. The maximum absolute atomic E-state index is 13.6. The highest BCUT2D eigenvalue weighted by molar-refractivity contribution is 7.92. The van der Waals surface area contributed by atoms with Crippen molar-refractivity contribution >= 4 is 21.7 Å². The number of rotatable bonds is 5. The summed E-state index contributed by atoms with van der Waals surface area (Å²) in [6.07, 6.45) is 0. The first-order valence-electron chi connectivity index (χ1n) is 6.42. The average molecular weight is 339 g/mol. The van der Waals surface area contributed by atoms with Gasteiger partial charge in [-0.1, -0.05) is 12.1 Å². The molecule has 23 heavy (non-hydrogen) atoms. The van der Waals surface area contributed by atoms with Crippen LogP contribution in [0.25, 0.3) is 0 Å². The standard InChI is InChI=1S/C15H14FNO5S/c1-21-13-9-10(7-8-11(13)15(18)22-2)17-23(19,20)14-6-4-3-5-12(14)16/h3-9,17H,1-2H3. The van der Waals surface area contributed by atoms with E-state index in [-0.39, 0.29) is 17.0 Å². The Morgan fingerprint density at radius 3 is 2.43 bits per heavy atom. The van der Waals surface area contributed by atoms with E-state index in [2.05, 4.69) is 9.46 Å². The van der Waals surface area contributed by atoms with Crippen molar-refractivity contribution in [2.75, 3.05) is 18.9 Å². The van der Waals surface area contributed by atoms with Crippen LogP contribution in [0.15, 0.2) is 47.4 Å². The molecular formula is C15H14FNO5S. The van der Waals surface area contributed by atoms with E-state index in [1.807, 2.05) is 0 Å². The highest BCUT2D eigenvalue weighted by atomic mass is 32.2. The molecule has 6 nitrogen and oxygen atoms in total.